The van der Waals surface area contributed by atoms with E-state index in [1.54, 1.807) is 6.20 Å². The lowest BCUT2D eigenvalue weighted by molar-refractivity contribution is -0.139. The third-order valence-electron chi connectivity index (χ3n) is 4.25. The summed E-state index contributed by atoms with van der Waals surface area (Å²) in [6.07, 6.45) is 1.87. The zero-order valence-corrected chi connectivity index (χ0v) is 14.6. The van der Waals surface area contributed by atoms with Crippen LogP contribution in [0.2, 0.25) is 0 Å². The zero-order chi connectivity index (χ0) is 19.4. The molecule has 7 heteroatoms. The molecule has 0 fully saturated rings. The van der Waals surface area contributed by atoms with Crippen molar-refractivity contribution < 1.29 is 24.2 Å². The summed E-state index contributed by atoms with van der Waals surface area (Å²) < 4.78 is 4.63. The molecule has 0 saturated carbocycles. The summed E-state index contributed by atoms with van der Waals surface area (Å²) in [5.41, 5.74) is 2.09. The molecule has 1 aromatic heterocycles. The Morgan fingerprint density at radius 2 is 1.85 bits per heavy atom. The van der Waals surface area contributed by atoms with E-state index in [1.807, 2.05) is 24.3 Å². The maximum Gasteiger partial charge on any atom is 0.337 e. The number of amides is 1. The Bertz CT molecular complexity index is 1010. The summed E-state index contributed by atoms with van der Waals surface area (Å²) in [5.74, 6) is -2.29. The molecule has 3 aromatic rings. The Labute approximate surface area is 155 Å². The highest BCUT2D eigenvalue weighted by Gasteiger charge is 2.23. The molecule has 27 heavy (non-hydrogen) atoms. The first-order valence-electron chi connectivity index (χ1n) is 8.26. The third kappa shape index (κ3) is 3.98. The molecule has 0 spiro atoms. The largest absolute Gasteiger partial charge is 0.480 e. The van der Waals surface area contributed by atoms with Gasteiger partial charge >= 0.3 is 11.9 Å². The van der Waals surface area contributed by atoms with Crippen molar-refractivity contribution in [2.75, 3.05) is 7.11 Å². The molecular weight excluding hydrogens is 348 g/mol. The van der Waals surface area contributed by atoms with Gasteiger partial charge in [-0.1, -0.05) is 24.3 Å². The van der Waals surface area contributed by atoms with Crippen LogP contribution >= 0.6 is 0 Å². The van der Waals surface area contributed by atoms with Gasteiger partial charge in [0.2, 0.25) is 0 Å². The predicted molar refractivity (Wildman–Crippen MR) is 98.7 cm³/mol. The Hall–Kier alpha value is -3.61. The molecule has 0 saturated heterocycles. The van der Waals surface area contributed by atoms with Gasteiger partial charge in [-0.15, -0.1) is 0 Å². The number of hydrogen-bond acceptors (Lipinski definition) is 4. The Balaban J connectivity index is 1.79. The fraction of sp³-hybridized carbons (Fsp3) is 0.150. The minimum absolute atomic E-state index is 0.127. The molecule has 138 valence electrons. The smallest absolute Gasteiger partial charge is 0.337 e. The van der Waals surface area contributed by atoms with Crippen molar-refractivity contribution in [1.29, 1.82) is 0 Å². The average molecular weight is 366 g/mol. The van der Waals surface area contributed by atoms with E-state index in [9.17, 15) is 19.5 Å². The number of nitrogens with one attached hydrogen (secondary N) is 2. The lowest BCUT2D eigenvalue weighted by Crippen LogP contribution is -2.42. The van der Waals surface area contributed by atoms with Crippen molar-refractivity contribution in [3.63, 3.8) is 0 Å². The number of benzene rings is 2. The monoisotopic (exact) mass is 366 g/mol. The van der Waals surface area contributed by atoms with E-state index in [1.165, 1.54) is 31.4 Å². The summed E-state index contributed by atoms with van der Waals surface area (Å²) in [5, 5.41) is 12.9. The number of para-hydroxylation sites is 1. The number of ether oxygens (including phenoxy) is 1. The highest BCUT2D eigenvalue weighted by Crippen LogP contribution is 2.19. The number of carbonyl (C=O) groups excluding carboxylic acids is 2. The maximum absolute atomic E-state index is 12.5. The molecule has 1 amide bonds. The van der Waals surface area contributed by atoms with Crippen LogP contribution in [0.15, 0.2) is 54.7 Å². The van der Waals surface area contributed by atoms with Crippen LogP contribution in [0.1, 0.15) is 26.3 Å². The highest BCUT2D eigenvalue weighted by molar-refractivity contribution is 5.99. The molecule has 0 aliphatic heterocycles. The maximum atomic E-state index is 12.5. The summed E-state index contributed by atoms with van der Waals surface area (Å²) in [7, 11) is 1.25. The molecule has 1 unspecified atom stereocenters. The minimum Gasteiger partial charge on any atom is -0.480 e. The fourth-order valence-corrected chi connectivity index (χ4v) is 2.87. The number of methoxy groups -OCH3 is 1. The van der Waals surface area contributed by atoms with Crippen molar-refractivity contribution in [3.05, 3.63) is 71.4 Å². The molecule has 0 bridgehead atoms. The van der Waals surface area contributed by atoms with Gasteiger partial charge in [0, 0.05) is 29.1 Å². The van der Waals surface area contributed by atoms with E-state index in [4.69, 9.17) is 0 Å². The number of aromatic nitrogens is 1. The van der Waals surface area contributed by atoms with Crippen LogP contribution < -0.4 is 5.32 Å². The van der Waals surface area contributed by atoms with Crippen molar-refractivity contribution in [1.82, 2.24) is 10.3 Å². The summed E-state index contributed by atoms with van der Waals surface area (Å²) in [4.78, 5) is 38.8. The van der Waals surface area contributed by atoms with Gasteiger partial charge in [0.05, 0.1) is 12.7 Å². The van der Waals surface area contributed by atoms with Gasteiger partial charge in [-0.2, -0.15) is 0 Å². The average Bonchev–Trinajstić information content (AvgIpc) is 3.09. The van der Waals surface area contributed by atoms with Crippen LogP contribution in [0.3, 0.4) is 0 Å². The molecule has 2 aromatic carbocycles. The summed E-state index contributed by atoms with van der Waals surface area (Å²) in [6.45, 7) is 0. The van der Waals surface area contributed by atoms with Crippen LogP contribution in [-0.4, -0.2) is 41.1 Å². The summed E-state index contributed by atoms with van der Waals surface area (Å²) >= 11 is 0. The number of aliphatic carboxylic acids is 1. The van der Waals surface area contributed by atoms with Crippen LogP contribution in [0.4, 0.5) is 0 Å². The normalized spacial score (nSPS) is 11.7. The molecule has 0 radical (unpaired) electrons. The van der Waals surface area contributed by atoms with Crippen LogP contribution in [-0.2, 0) is 16.0 Å². The van der Waals surface area contributed by atoms with E-state index in [-0.39, 0.29) is 17.5 Å². The number of carbonyl (C=O) groups is 3. The zero-order valence-electron chi connectivity index (χ0n) is 14.6. The summed E-state index contributed by atoms with van der Waals surface area (Å²) in [6, 6.07) is 12.4. The number of aromatic amines is 1. The van der Waals surface area contributed by atoms with E-state index >= 15 is 0 Å². The number of H-pyrrole nitrogens is 1. The van der Waals surface area contributed by atoms with Gasteiger partial charge in [-0.25, -0.2) is 9.59 Å². The van der Waals surface area contributed by atoms with Crippen molar-refractivity contribution in [2.24, 2.45) is 0 Å². The standard InChI is InChI=1S/C20H18N2O5/c1-27-20(26)13-6-4-5-12(9-13)18(23)22-17(19(24)25)10-14-11-21-16-8-3-2-7-15(14)16/h2-9,11,17,21H,10H2,1H3,(H,22,23)(H,24,25). The van der Waals surface area contributed by atoms with Crippen molar-refractivity contribution in [3.8, 4) is 0 Å². The SMILES string of the molecule is COC(=O)c1cccc(C(=O)NC(Cc2c[nH]c3ccccc23)C(=O)O)c1. The highest BCUT2D eigenvalue weighted by atomic mass is 16.5. The third-order valence-corrected chi connectivity index (χ3v) is 4.25. The molecule has 3 N–H and O–H groups in total. The predicted octanol–water partition coefficient (Wildman–Crippen LogP) is 2.38. The van der Waals surface area contributed by atoms with E-state index < -0.39 is 23.9 Å². The minimum atomic E-state index is -1.14. The topological polar surface area (TPSA) is 108 Å². The van der Waals surface area contributed by atoms with E-state index in [0.717, 1.165) is 16.5 Å². The second kappa shape index (κ2) is 7.74. The Morgan fingerprint density at radius 3 is 2.59 bits per heavy atom. The van der Waals surface area contributed by atoms with Gasteiger partial charge in [-0.3, -0.25) is 4.79 Å². The number of hydrogen-bond donors (Lipinski definition) is 3. The first kappa shape index (κ1) is 18.2. The van der Waals surface area contributed by atoms with E-state index in [2.05, 4.69) is 15.0 Å². The lowest BCUT2D eigenvalue weighted by Gasteiger charge is -2.14. The molecule has 1 atom stereocenters. The number of esters is 1. The van der Waals surface area contributed by atoms with Crippen molar-refractivity contribution in [2.45, 2.75) is 12.5 Å². The molecule has 0 aliphatic carbocycles. The Kier molecular flexibility index (Phi) is 5.21. The van der Waals surface area contributed by atoms with Crippen LogP contribution in [0.25, 0.3) is 10.9 Å². The van der Waals surface area contributed by atoms with Crippen LogP contribution in [0.5, 0.6) is 0 Å². The van der Waals surface area contributed by atoms with Crippen LogP contribution in [0, 0.1) is 0 Å². The quantitative estimate of drug-likeness (QED) is 0.581. The fourth-order valence-electron chi connectivity index (χ4n) is 2.87. The van der Waals surface area contributed by atoms with E-state index in [0.29, 0.717) is 0 Å². The van der Waals surface area contributed by atoms with Crippen molar-refractivity contribution >= 4 is 28.7 Å². The second-order valence-electron chi connectivity index (χ2n) is 6.00. The first-order chi connectivity index (χ1) is 13.0. The van der Waals surface area contributed by atoms with Gasteiger partial charge in [0.1, 0.15) is 6.04 Å². The molecular formula is C20H18N2O5. The number of fused-ring (bicyclic) bond motifs is 1. The van der Waals surface area contributed by atoms with Gasteiger partial charge in [0.15, 0.2) is 0 Å². The molecule has 7 nitrogen and oxygen atoms in total. The second-order valence-corrected chi connectivity index (χ2v) is 6.00. The van der Waals surface area contributed by atoms with Gasteiger partial charge in [0.25, 0.3) is 5.91 Å². The van der Waals surface area contributed by atoms with Gasteiger partial charge in [-0.05, 0) is 29.8 Å². The first-order valence-corrected chi connectivity index (χ1v) is 8.26. The Morgan fingerprint density at radius 1 is 1.11 bits per heavy atom. The number of carboxylic acids is 1. The molecule has 1 heterocycles. The molecule has 3 rings (SSSR count). The van der Waals surface area contributed by atoms with Gasteiger partial charge < -0.3 is 20.1 Å². The lowest BCUT2D eigenvalue weighted by atomic mass is 10.0. The number of carboxylic acid groups (broad SMARTS) is 1. The molecule has 0 aliphatic rings. The number of rotatable bonds is 6.